The van der Waals surface area contributed by atoms with Gasteiger partial charge in [-0.3, -0.25) is 9.59 Å². The van der Waals surface area contributed by atoms with Gasteiger partial charge in [0.2, 0.25) is 0 Å². The van der Waals surface area contributed by atoms with E-state index in [1.54, 1.807) is 25.1 Å². The van der Waals surface area contributed by atoms with Crippen molar-refractivity contribution in [2.45, 2.75) is 19.6 Å². The Morgan fingerprint density at radius 1 is 1.17 bits per heavy atom. The Kier molecular flexibility index (Phi) is 3.75. The molecule has 0 atom stereocenters. The molecular weight excluding hydrogens is 323 g/mol. The van der Waals surface area contributed by atoms with Crippen molar-refractivity contribution in [2.24, 2.45) is 0 Å². The van der Waals surface area contributed by atoms with Crippen molar-refractivity contribution in [1.29, 1.82) is 0 Å². The molecule has 0 bridgehead atoms. The second-order valence-corrected chi connectivity index (χ2v) is 5.37. The van der Waals surface area contributed by atoms with Crippen LogP contribution in [0.1, 0.15) is 17.0 Å². The molecule has 3 aromatic rings. The molecule has 0 unspecified atom stereocenters. The molecule has 0 fully saturated rings. The smallest absolute Gasteiger partial charge is 0.308 e. The molecule has 0 aliphatic carbocycles. The molecule has 8 heteroatoms. The number of alkyl halides is 3. The van der Waals surface area contributed by atoms with Crippen molar-refractivity contribution in [3.8, 4) is 0 Å². The number of nitrogens with one attached hydrogen (secondary N) is 1. The van der Waals surface area contributed by atoms with Crippen LogP contribution in [0, 0.1) is 6.92 Å². The fourth-order valence-electron chi connectivity index (χ4n) is 2.41. The predicted molar refractivity (Wildman–Crippen MR) is 81.9 cm³/mol. The summed E-state index contributed by atoms with van der Waals surface area (Å²) in [6.45, 7) is 1.51. The van der Waals surface area contributed by atoms with Gasteiger partial charge in [-0.05, 0) is 24.6 Å². The number of hydrogen-bond donors (Lipinski definition) is 1. The van der Waals surface area contributed by atoms with Gasteiger partial charge in [0.05, 0.1) is 23.0 Å². The first-order valence-electron chi connectivity index (χ1n) is 7.02. The first-order chi connectivity index (χ1) is 11.3. The standard InChI is InChI=1S/C16H12F3N3O2/c1-9-3-2-4-11-14(9)20-12(21-15(11)24)8-22-7-10(16(17,18)19)5-6-13(22)23/h2-7H,8H2,1H3,(H,20,21,24). The van der Waals surface area contributed by atoms with Crippen LogP contribution in [0.4, 0.5) is 13.2 Å². The number of aromatic nitrogens is 3. The van der Waals surface area contributed by atoms with Crippen molar-refractivity contribution in [2.75, 3.05) is 0 Å². The second kappa shape index (κ2) is 5.63. The molecule has 2 heterocycles. The molecule has 0 aliphatic rings. The molecule has 0 aliphatic heterocycles. The third kappa shape index (κ3) is 2.94. The highest BCUT2D eigenvalue weighted by molar-refractivity contribution is 5.80. The predicted octanol–water partition coefficient (Wildman–Crippen LogP) is 2.46. The molecule has 0 saturated heterocycles. The van der Waals surface area contributed by atoms with Crippen molar-refractivity contribution in [1.82, 2.24) is 14.5 Å². The monoisotopic (exact) mass is 335 g/mol. The van der Waals surface area contributed by atoms with Gasteiger partial charge in [0.25, 0.3) is 11.1 Å². The van der Waals surface area contributed by atoms with Gasteiger partial charge in [-0.25, -0.2) is 4.98 Å². The molecule has 0 radical (unpaired) electrons. The molecule has 124 valence electrons. The minimum absolute atomic E-state index is 0.114. The van der Waals surface area contributed by atoms with Crippen molar-refractivity contribution in [3.05, 3.63) is 74.2 Å². The number of fused-ring (bicyclic) bond motifs is 1. The van der Waals surface area contributed by atoms with E-state index in [1.807, 2.05) is 0 Å². The minimum atomic E-state index is -4.56. The van der Waals surface area contributed by atoms with Crippen molar-refractivity contribution in [3.63, 3.8) is 0 Å². The SMILES string of the molecule is Cc1cccc2c(=O)[nH]c(Cn3cc(C(F)(F)F)ccc3=O)nc12. The van der Waals surface area contributed by atoms with Crippen LogP contribution < -0.4 is 11.1 Å². The number of H-pyrrole nitrogens is 1. The summed E-state index contributed by atoms with van der Waals surface area (Å²) >= 11 is 0. The quantitative estimate of drug-likeness (QED) is 0.782. The topological polar surface area (TPSA) is 67.8 Å². The Morgan fingerprint density at radius 2 is 1.92 bits per heavy atom. The van der Waals surface area contributed by atoms with Crippen molar-refractivity contribution >= 4 is 10.9 Å². The number of hydrogen-bond acceptors (Lipinski definition) is 3. The zero-order chi connectivity index (χ0) is 17.5. The van der Waals surface area contributed by atoms with E-state index in [1.165, 1.54) is 0 Å². The van der Waals surface area contributed by atoms with E-state index < -0.39 is 22.9 Å². The number of pyridine rings is 1. The van der Waals surface area contributed by atoms with Gasteiger partial charge in [-0.1, -0.05) is 12.1 Å². The van der Waals surface area contributed by atoms with Crippen LogP contribution in [0.3, 0.4) is 0 Å². The second-order valence-electron chi connectivity index (χ2n) is 5.37. The fraction of sp³-hybridized carbons (Fsp3) is 0.188. The number of aryl methyl sites for hydroxylation is 1. The summed E-state index contributed by atoms with van der Waals surface area (Å²) in [5, 5.41) is 0.384. The lowest BCUT2D eigenvalue weighted by molar-refractivity contribution is -0.138. The van der Waals surface area contributed by atoms with Crippen LogP contribution in [-0.2, 0) is 12.7 Å². The van der Waals surface area contributed by atoms with Crippen LogP contribution in [0.2, 0.25) is 0 Å². The molecule has 1 N–H and O–H groups in total. The van der Waals surface area contributed by atoms with E-state index in [0.717, 1.165) is 22.3 Å². The van der Waals surface area contributed by atoms with Gasteiger partial charge in [-0.15, -0.1) is 0 Å². The van der Waals surface area contributed by atoms with Crippen LogP contribution in [0.25, 0.3) is 10.9 Å². The Bertz CT molecular complexity index is 1040. The third-order valence-electron chi connectivity index (χ3n) is 3.62. The van der Waals surface area contributed by atoms with Gasteiger partial charge in [0.1, 0.15) is 5.82 Å². The van der Waals surface area contributed by atoms with E-state index in [9.17, 15) is 22.8 Å². The van der Waals surface area contributed by atoms with Crippen LogP contribution in [0.15, 0.2) is 46.1 Å². The first-order valence-corrected chi connectivity index (χ1v) is 7.02. The van der Waals surface area contributed by atoms with E-state index in [4.69, 9.17) is 0 Å². The van der Waals surface area contributed by atoms with Gasteiger partial charge in [-0.2, -0.15) is 13.2 Å². The Labute approximate surface area is 133 Å². The summed E-state index contributed by atoms with van der Waals surface area (Å²) in [6.07, 6.45) is -3.85. The zero-order valence-electron chi connectivity index (χ0n) is 12.5. The lowest BCUT2D eigenvalue weighted by Crippen LogP contribution is -2.24. The molecule has 0 spiro atoms. The number of rotatable bonds is 2. The minimum Gasteiger partial charge on any atom is -0.308 e. The number of aromatic amines is 1. The molecule has 0 amide bonds. The lowest BCUT2D eigenvalue weighted by atomic mass is 10.1. The highest BCUT2D eigenvalue weighted by Crippen LogP contribution is 2.28. The summed E-state index contributed by atoms with van der Waals surface area (Å²) in [6, 6.07) is 6.65. The molecular formula is C16H12F3N3O2. The fourth-order valence-corrected chi connectivity index (χ4v) is 2.41. The highest BCUT2D eigenvalue weighted by atomic mass is 19.4. The first kappa shape index (κ1) is 16.0. The maximum atomic E-state index is 12.8. The Balaban J connectivity index is 2.09. The number of para-hydroxylation sites is 1. The Hall–Kier alpha value is -2.90. The highest BCUT2D eigenvalue weighted by Gasteiger charge is 2.31. The maximum Gasteiger partial charge on any atom is 0.417 e. The average molecular weight is 335 g/mol. The molecule has 24 heavy (non-hydrogen) atoms. The molecule has 5 nitrogen and oxygen atoms in total. The molecule has 1 aromatic carbocycles. The van der Waals surface area contributed by atoms with Gasteiger partial charge in [0.15, 0.2) is 0 Å². The summed E-state index contributed by atoms with van der Waals surface area (Å²) in [5.41, 5.74) is -0.747. The summed E-state index contributed by atoms with van der Waals surface area (Å²) in [7, 11) is 0. The van der Waals surface area contributed by atoms with E-state index in [2.05, 4.69) is 9.97 Å². The third-order valence-corrected chi connectivity index (χ3v) is 3.62. The van der Waals surface area contributed by atoms with Gasteiger partial charge in [0, 0.05) is 12.3 Å². The largest absolute Gasteiger partial charge is 0.417 e. The molecule has 0 saturated carbocycles. The average Bonchev–Trinajstić information content (AvgIpc) is 2.49. The number of benzene rings is 1. The maximum absolute atomic E-state index is 12.8. The van der Waals surface area contributed by atoms with Gasteiger partial charge < -0.3 is 9.55 Å². The van der Waals surface area contributed by atoms with Crippen LogP contribution in [0.5, 0.6) is 0 Å². The molecule has 3 rings (SSSR count). The normalized spacial score (nSPS) is 11.8. The number of nitrogens with zero attached hydrogens (tertiary/aromatic N) is 2. The summed E-state index contributed by atoms with van der Waals surface area (Å²) in [5.74, 6) is 0.114. The lowest BCUT2D eigenvalue weighted by Gasteiger charge is -2.11. The summed E-state index contributed by atoms with van der Waals surface area (Å²) < 4.78 is 39.2. The van der Waals surface area contributed by atoms with E-state index >= 15 is 0 Å². The van der Waals surface area contributed by atoms with Gasteiger partial charge >= 0.3 is 6.18 Å². The number of halogens is 3. The van der Waals surface area contributed by atoms with Crippen LogP contribution in [-0.4, -0.2) is 14.5 Å². The van der Waals surface area contributed by atoms with E-state index in [-0.39, 0.29) is 12.4 Å². The zero-order valence-corrected chi connectivity index (χ0v) is 12.5. The Morgan fingerprint density at radius 3 is 2.62 bits per heavy atom. The summed E-state index contributed by atoms with van der Waals surface area (Å²) in [4.78, 5) is 30.7. The van der Waals surface area contributed by atoms with Crippen LogP contribution >= 0.6 is 0 Å². The van der Waals surface area contributed by atoms with E-state index in [0.29, 0.717) is 17.1 Å². The van der Waals surface area contributed by atoms with Crippen molar-refractivity contribution < 1.29 is 13.2 Å². The molecule has 2 aromatic heterocycles.